The van der Waals surface area contributed by atoms with E-state index in [0.717, 1.165) is 47.9 Å². The lowest BCUT2D eigenvalue weighted by atomic mass is 9.81. The first-order valence-corrected chi connectivity index (χ1v) is 16.5. The number of nitrogens with one attached hydrogen (secondary N) is 4. The van der Waals surface area contributed by atoms with Crippen molar-refractivity contribution in [2.24, 2.45) is 17.6 Å². The van der Waals surface area contributed by atoms with E-state index in [2.05, 4.69) is 20.6 Å². The van der Waals surface area contributed by atoms with Gasteiger partial charge in [-0.3, -0.25) is 9.59 Å². The molecule has 0 radical (unpaired) electrons. The van der Waals surface area contributed by atoms with Crippen LogP contribution >= 0.6 is 0 Å². The van der Waals surface area contributed by atoms with Crippen molar-refractivity contribution < 1.29 is 18.0 Å². The number of aromatic nitrogens is 2. The fourth-order valence-electron chi connectivity index (χ4n) is 5.84. The maximum atomic E-state index is 13.6. The number of aryl methyl sites for hydroxylation is 1. The lowest BCUT2D eigenvalue weighted by Crippen LogP contribution is -2.48. The van der Waals surface area contributed by atoms with Crippen molar-refractivity contribution in [1.82, 2.24) is 19.6 Å². The number of nitrogens with two attached hydrogens (primary N) is 1. The maximum Gasteiger partial charge on any atom is 0.323 e. The Hall–Kier alpha value is -4.26. The molecule has 5 rings (SSSR count). The van der Waals surface area contributed by atoms with Crippen LogP contribution in [0.25, 0.3) is 22.2 Å². The van der Waals surface area contributed by atoms with Crippen LogP contribution in [0.5, 0.6) is 0 Å². The molecule has 0 aliphatic heterocycles. The molecule has 1 atom stereocenters. The lowest BCUT2D eigenvalue weighted by Gasteiger charge is -2.28. The summed E-state index contributed by atoms with van der Waals surface area (Å²) in [5.74, 6) is -0.283. The molecule has 1 aliphatic carbocycles. The van der Waals surface area contributed by atoms with Gasteiger partial charge in [0.25, 0.3) is 0 Å². The van der Waals surface area contributed by atoms with Crippen molar-refractivity contribution in [2.75, 3.05) is 26.0 Å². The Kier molecular flexibility index (Phi) is 9.56. The van der Waals surface area contributed by atoms with Gasteiger partial charge >= 0.3 is 5.69 Å². The summed E-state index contributed by atoms with van der Waals surface area (Å²) in [5, 5.41) is 5.90. The number of anilines is 1. The molecular weight excluding hydrogens is 592 g/mol. The molecule has 0 saturated heterocycles. The maximum absolute atomic E-state index is 13.6. The van der Waals surface area contributed by atoms with Crippen molar-refractivity contribution in [2.45, 2.75) is 50.0 Å². The molecule has 4 aromatic rings. The second-order valence-corrected chi connectivity index (χ2v) is 14.2. The minimum atomic E-state index is -3.60. The summed E-state index contributed by atoms with van der Waals surface area (Å²) in [5.41, 5.74) is 10.5. The van der Waals surface area contributed by atoms with E-state index in [4.69, 9.17) is 5.73 Å². The number of nitrogens with zero attached hydrogens (tertiary/aromatic N) is 1. The van der Waals surface area contributed by atoms with E-state index in [9.17, 15) is 22.8 Å². The number of carbonyl (C=O) groups excluding carboxylic acids is 2. The molecule has 0 spiro atoms. The second-order valence-electron chi connectivity index (χ2n) is 12.0. The van der Waals surface area contributed by atoms with Gasteiger partial charge in [0.2, 0.25) is 21.8 Å². The first-order valence-electron chi connectivity index (χ1n) is 15.1. The molecule has 1 fully saturated rings. The summed E-state index contributed by atoms with van der Waals surface area (Å²) < 4.78 is 26.6. The Balaban J connectivity index is 1.37. The van der Waals surface area contributed by atoms with E-state index < -0.39 is 16.1 Å². The predicted octanol–water partition coefficient (Wildman–Crippen LogP) is 3.51. The quantitative estimate of drug-likeness (QED) is 0.179. The Labute approximate surface area is 262 Å². The van der Waals surface area contributed by atoms with Crippen LogP contribution < -0.4 is 22.1 Å². The number of hydrogen-bond donors (Lipinski definition) is 5. The van der Waals surface area contributed by atoms with Crippen LogP contribution in [-0.2, 0) is 26.0 Å². The van der Waals surface area contributed by atoms with Crippen molar-refractivity contribution in [3.05, 3.63) is 82.3 Å². The van der Waals surface area contributed by atoms with E-state index in [-0.39, 0.29) is 34.7 Å². The highest BCUT2D eigenvalue weighted by Gasteiger charge is 2.29. The SMILES string of the molecule is Cc1ccc(S(=O)(=O)N(C)C)cc1-c1ccc(C[C@H](NC(=O)C2CCC(CN)CC2)C(=O)Nc2ccc3[nH]c(=O)[nH]c3c2)cc1. The predicted molar refractivity (Wildman–Crippen MR) is 175 cm³/mol. The largest absolute Gasteiger partial charge is 0.344 e. The van der Waals surface area contributed by atoms with Crippen LogP contribution in [-0.4, -0.2) is 61.2 Å². The fourth-order valence-corrected chi connectivity index (χ4v) is 6.77. The van der Waals surface area contributed by atoms with Crippen LogP contribution in [0, 0.1) is 18.8 Å². The minimum Gasteiger partial charge on any atom is -0.344 e. The third-order valence-corrected chi connectivity index (χ3v) is 10.5. The van der Waals surface area contributed by atoms with Gasteiger partial charge in [-0.05, 0) is 97.7 Å². The molecule has 2 amide bonds. The van der Waals surface area contributed by atoms with Crippen LogP contribution in [0.4, 0.5) is 5.69 Å². The van der Waals surface area contributed by atoms with Crippen molar-refractivity contribution in [3.8, 4) is 11.1 Å². The van der Waals surface area contributed by atoms with Gasteiger partial charge in [0.15, 0.2) is 0 Å². The topological polar surface area (TPSA) is 170 Å². The normalized spacial score (nSPS) is 17.7. The molecule has 45 heavy (non-hydrogen) atoms. The number of sulfonamides is 1. The number of fused-ring (bicyclic) bond motifs is 1. The highest BCUT2D eigenvalue weighted by Crippen LogP contribution is 2.30. The summed E-state index contributed by atoms with van der Waals surface area (Å²) in [4.78, 5) is 44.2. The number of imidazole rings is 1. The molecule has 1 heterocycles. The summed E-state index contributed by atoms with van der Waals surface area (Å²) in [6.45, 7) is 2.54. The number of benzene rings is 3. The third-order valence-electron chi connectivity index (χ3n) is 8.66. The van der Waals surface area contributed by atoms with E-state index in [0.29, 0.717) is 29.2 Å². The molecular formula is C33H40N6O5S. The van der Waals surface area contributed by atoms with Gasteiger partial charge in [0, 0.05) is 32.1 Å². The highest BCUT2D eigenvalue weighted by molar-refractivity contribution is 7.89. The Morgan fingerprint density at radius 1 is 0.956 bits per heavy atom. The summed E-state index contributed by atoms with van der Waals surface area (Å²) in [6.07, 6.45) is 3.48. The molecule has 12 heteroatoms. The first-order chi connectivity index (χ1) is 21.4. The summed E-state index contributed by atoms with van der Waals surface area (Å²) >= 11 is 0. The number of carbonyl (C=O) groups is 2. The van der Waals surface area contributed by atoms with Gasteiger partial charge in [-0.25, -0.2) is 17.5 Å². The number of hydrogen-bond acceptors (Lipinski definition) is 6. The Bertz CT molecular complexity index is 1850. The number of amides is 2. The average molecular weight is 633 g/mol. The van der Waals surface area contributed by atoms with Gasteiger partial charge in [0.1, 0.15) is 6.04 Å². The molecule has 0 unspecified atom stereocenters. The van der Waals surface area contributed by atoms with Crippen LogP contribution in [0.15, 0.2) is 70.4 Å². The van der Waals surface area contributed by atoms with Crippen LogP contribution in [0.3, 0.4) is 0 Å². The van der Waals surface area contributed by atoms with Crippen molar-refractivity contribution >= 4 is 38.6 Å². The van der Waals surface area contributed by atoms with Gasteiger partial charge < -0.3 is 26.3 Å². The number of H-pyrrole nitrogens is 2. The highest BCUT2D eigenvalue weighted by atomic mass is 32.2. The molecule has 6 N–H and O–H groups in total. The average Bonchev–Trinajstić information content (AvgIpc) is 3.40. The smallest absolute Gasteiger partial charge is 0.323 e. The number of rotatable bonds is 10. The van der Waals surface area contributed by atoms with E-state index >= 15 is 0 Å². The van der Waals surface area contributed by atoms with Crippen LogP contribution in [0.1, 0.15) is 36.8 Å². The summed E-state index contributed by atoms with van der Waals surface area (Å²) in [6, 6.07) is 16.8. The van der Waals surface area contributed by atoms with E-state index in [1.54, 1.807) is 36.4 Å². The zero-order valence-corrected chi connectivity index (χ0v) is 26.5. The standard InChI is InChI=1S/C33H40N6O5S/c1-20-4-14-26(45(43,44)39(2)3)18-27(20)23-9-5-21(6-10-23)16-30(36-31(40)24-11-7-22(19-34)8-12-24)32(41)35-25-13-15-28-29(17-25)38-33(42)37-28/h4-6,9-10,13-15,17-18,22,24,30H,7-8,11-12,16,19,34H2,1-3H3,(H,35,41)(H,36,40)(H2,37,38,42)/t22?,24?,30-/m0/s1. The van der Waals surface area contributed by atoms with Gasteiger partial charge in [0.05, 0.1) is 15.9 Å². The van der Waals surface area contributed by atoms with Gasteiger partial charge in [-0.1, -0.05) is 30.3 Å². The minimum absolute atomic E-state index is 0.151. The van der Waals surface area contributed by atoms with Crippen molar-refractivity contribution in [1.29, 1.82) is 0 Å². The molecule has 0 bridgehead atoms. The zero-order valence-electron chi connectivity index (χ0n) is 25.7. The van der Waals surface area contributed by atoms with E-state index in [1.165, 1.54) is 18.4 Å². The van der Waals surface area contributed by atoms with Crippen LogP contribution in [0.2, 0.25) is 0 Å². The molecule has 1 aromatic heterocycles. The van der Waals surface area contributed by atoms with Crippen molar-refractivity contribution in [3.63, 3.8) is 0 Å². The zero-order chi connectivity index (χ0) is 32.3. The molecule has 11 nitrogen and oxygen atoms in total. The fraction of sp³-hybridized carbons (Fsp3) is 0.364. The Morgan fingerprint density at radius 3 is 2.31 bits per heavy atom. The summed E-state index contributed by atoms with van der Waals surface area (Å²) in [7, 11) is -0.598. The lowest BCUT2D eigenvalue weighted by molar-refractivity contribution is -0.130. The first kappa shape index (κ1) is 32.1. The monoisotopic (exact) mass is 632 g/mol. The Morgan fingerprint density at radius 2 is 1.64 bits per heavy atom. The molecule has 1 aliphatic rings. The number of aromatic amines is 2. The van der Waals surface area contributed by atoms with E-state index in [1.807, 2.05) is 31.2 Å². The molecule has 238 valence electrons. The van der Waals surface area contributed by atoms with Gasteiger partial charge in [-0.15, -0.1) is 0 Å². The second kappa shape index (κ2) is 13.4. The third kappa shape index (κ3) is 7.35. The molecule has 3 aromatic carbocycles. The van der Waals surface area contributed by atoms with Gasteiger partial charge in [-0.2, -0.15) is 0 Å². The molecule has 1 saturated carbocycles.